The van der Waals surface area contributed by atoms with Crippen LogP contribution in [0.4, 0.5) is 9.18 Å². The van der Waals surface area contributed by atoms with Crippen LogP contribution < -0.4 is 5.73 Å². The van der Waals surface area contributed by atoms with Crippen molar-refractivity contribution in [2.75, 3.05) is 27.2 Å². The second kappa shape index (κ2) is 8.33. The van der Waals surface area contributed by atoms with Gasteiger partial charge in [-0.15, -0.1) is 0 Å². The number of benzene rings is 2. The number of halogens is 2. The van der Waals surface area contributed by atoms with E-state index in [0.717, 1.165) is 17.6 Å². The van der Waals surface area contributed by atoms with Crippen molar-refractivity contribution >= 4 is 23.2 Å². The Bertz CT molecular complexity index is 885. The maximum atomic E-state index is 14.6. The predicted molar refractivity (Wildman–Crippen MR) is 112 cm³/mol. The SMILES string of the molecule is CN(C)C(=O)N1CC(c2cc(Cl)ccc2F)=CC1(CCCN)c1ccccc1. The van der Waals surface area contributed by atoms with E-state index in [2.05, 4.69) is 0 Å². The van der Waals surface area contributed by atoms with E-state index in [9.17, 15) is 9.18 Å². The summed E-state index contributed by atoms with van der Waals surface area (Å²) >= 11 is 6.12. The summed E-state index contributed by atoms with van der Waals surface area (Å²) in [7, 11) is 3.44. The zero-order chi connectivity index (χ0) is 20.3. The summed E-state index contributed by atoms with van der Waals surface area (Å²) in [6.45, 7) is 0.807. The van der Waals surface area contributed by atoms with E-state index in [0.29, 0.717) is 30.1 Å². The molecule has 2 N–H and O–H groups in total. The molecule has 0 spiro atoms. The van der Waals surface area contributed by atoms with Gasteiger partial charge < -0.3 is 15.5 Å². The molecule has 0 saturated heterocycles. The molecule has 2 aromatic rings. The Morgan fingerprint density at radius 3 is 2.61 bits per heavy atom. The van der Waals surface area contributed by atoms with Crippen molar-refractivity contribution in [1.82, 2.24) is 9.80 Å². The fraction of sp³-hybridized carbons (Fsp3) is 0.318. The molecule has 1 atom stereocenters. The third kappa shape index (κ3) is 3.77. The molecule has 28 heavy (non-hydrogen) atoms. The first-order chi connectivity index (χ1) is 13.4. The molecular weight excluding hydrogens is 377 g/mol. The summed E-state index contributed by atoms with van der Waals surface area (Å²) in [5.74, 6) is -0.351. The van der Waals surface area contributed by atoms with Crippen molar-refractivity contribution in [2.45, 2.75) is 18.4 Å². The van der Waals surface area contributed by atoms with Crippen LogP contribution in [0.15, 0.2) is 54.6 Å². The van der Waals surface area contributed by atoms with Gasteiger partial charge in [-0.25, -0.2) is 9.18 Å². The monoisotopic (exact) mass is 401 g/mol. The lowest BCUT2D eigenvalue weighted by molar-refractivity contribution is 0.130. The molecule has 2 aromatic carbocycles. The summed E-state index contributed by atoms with van der Waals surface area (Å²) in [4.78, 5) is 16.4. The molecule has 0 aliphatic carbocycles. The van der Waals surface area contributed by atoms with Crippen molar-refractivity contribution in [3.05, 3.63) is 76.6 Å². The minimum atomic E-state index is -0.688. The van der Waals surface area contributed by atoms with Crippen molar-refractivity contribution < 1.29 is 9.18 Å². The number of hydrogen-bond acceptors (Lipinski definition) is 2. The van der Waals surface area contributed by atoms with Crippen LogP contribution in [-0.2, 0) is 5.54 Å². The lowest BCUT2D eigenvalue weighted by Gasteiger charge is -2.40. The van der Waals surface area contributed by atoms with Gasteiger partial charge in [0.05, 0.1) is 5.54 Å². The smallest absolute Gasteiger partial charge is 0.320 e. The minimum Gasteiger partial charge on any atom is -0.331 e. The second-order valence-electron chi connectivity index (χ2n) is 7.24. The summed E-state index contributed by atoms with van der Waals surface area (Å²) in [6.07, 6.45) is 3.39. The van der Waals surface area contributed by atoms with Gasteiger partial charge in [-0.05, 0) is 54.8 Å². The average molecular weight is 402 g/mol. The zero-order valence-electron chi connectivity index (χ0n) is 16.2. The molecule has 1 aliphatic rings. The zero-order valence-corrected chi connectivity index (χ0v) is 16.9. The Hall–Kier alpha value is -2.37. The molecule has 3 rings (SSSR count). The predicted octanol–water partition coefficient (Wildman–Crippen LogP) is 4.49. The maximum absolute atomic E-state index is 14.6. The topological polar surface area (TPSA) is 49.6 Å². The highest BCUT2D eigenvalue weighted by Gasteiger charge is 2.45. The molecule has 4 nitrogen and oxygen atoms in total. The van der Waals surface area contributed by atoms with E-state index in [4.69, 9.17) is 17.3 Å². The largest absolute Gasteiger partial charge is 0.331 e. The van der Waals surface area contributed by atoms with Crippen LogP contribution in [-0.4, -0.2) is 43.0 Å². The third-order valence-electron chi connectivity index (χ3n) is 5.15. The van der Waals surface area contributed by atoms with E-state index in [1.54, 1.807) is 30.0 Å². The van der Waals surface area contributed by atoms with Crippen LogP contribution in [0.2, 0.25) is 5.02 Å². The van der Waals surface area contributed by atoms with E-state index < -0.39 is 5.54 Å². The maximum Gasteiger partial charge on any atom is 0.320 e. The van der Waals surface area contributed by atoms with Crippen molar-refractivity contribution in [1.29, 1.82) is 0 Å². The molecule has 2 amide bonds. The number of hydrogen-bond donors (Lipinski definition) is 1. The van der Waals surface area contributed by atoms with Crippen LogP contribution >= 0.6 is 11.6 Å². The molecule has 1 unspecified atom stereocenters. The van der Waals surface area contributed by atoms with Gasteiger partial charge in [-0.1, -0.05) is 41.9 Å². The highest BCUT2D eigenvalue weighted by Crippen LogP contribution is 2.44. The van der Waals surface area contributed by atoms with Crippen molar-refractivity contribution in [3.63, 3.8) is 0 Å². The Balaban J connectivity index is 2.18. The Kier molecular flexibility index (Phi) is 6.06. The quantitative estimate of drug-likeness (QED) is 0.802. The molecule has 1 heterocycles. The average Bonchev–Trinajstić information content (AvgIpc) is 3.08. The standard InChI is InChI=1S/C22H25ClFN3O/c1-26(2)21(28)27-15-16(19-13-18(23)9-10-20(19)24)14-22(27,11-6-12-25)17-7-4-3-5-8-17/h3-5,7-10,13-14H,6,11-12,15,25H2,1-2H3. The molecule has 6 heteroatoms. The molecule has 0 saturated carbocycles. The molecule has 148 valence electrons. The lowest BCUT2D eigenvalue weighted by atomic mass is 9.84. The highest BCUT2D eigenvalue weighted by atomic mass is 35.5. The molecule has 0 bridgehead atoms. The van der Waals surface area contributed by atoms with Crippen LogP contribution in [0.5, 0.6) is 0 Å². The van der Waals surface area contributed by atoms with Crippen LogP contribution in [0, 0.1) is 5.82 Å². The Labute approximate surface area is 170 Å². The Morgan fingerprint density at radius 2 is 1.96 bits per heavy atom. The van der Waals surface area contributed by atoms with Crippen LogP contribution in [0.3, 0.4) is 0 Å². The van der Waals surface area contributed by atoms with Gasteiger partial charge in [0.25, 0.3) is 0 Å². The van der Waals surface area contributed by atoms with Gasteiger partial charge >= 0.3 is 6.03 Å². The molecule has 1 aliphatic heterocycles. The van der Waals surface area contributed by atoms with Crippen LogP contribution in [0.1, 0.15) is 24.0 Å². The number of nitrogens with zero attached hydrogens (tertiary/aromatic N) is 2. The van der Waals surface area contributed by atoms with Crippen molar-refractivity contribution in [2.24, 2.45) is 5.73 Å². The first-order valence-electron chi connectivity index (χ1n) is 9.30. The summed E-state index contributed by atoms with van der Waals surface area (Å²) in [6, 6.07) is 14.2. The van der Waals surface area contributed by atoms with E-state index >= 15 is 0 Å². The van der Waals surface area contributed by atoms with Gasteiger partial charge in [0.15, 0.2) is 0 Å². The number of rotatable bonds is 5. The number of nitrogens with two attached hydrogens (primary N) is 1. The van der Waals surface area contributed by atoms with Crippen LogP contribution in [0.25, 0.3) is 5.57 Å². The number of urea groups is 1. The third-order valence-corrected chi connectivity index (χ3v) is 5.38. The first kappa shape index (κ1) is 20.4. The van der Waals surface area contributed by atoms with Gasteiger partial charge in [0.2, 0.25) is 0 Å². The van der Waals surface area contributed by atoms with Gasteiger partial charge in [0, 0.05) is 31.2 Å². The summed E-state index contributed by atoms with van der Waals surface area (Å²) in [5.41, 5.74) is 7.27. The molecule has 0 fully saturated rings. The number of carbonyl (C=O) groups excluding carboxylic acids is 1. The summed E-state index contributed by atoms with van der Waals surface area (Å²) < 4.78 is 14.6. The van der Waals surface area contributed by atoms with E-state index in [-0.39, 0.29) is 11.8 Å². The van der Waals surface area contributed by atoms with E-state index in [1.807, 2.05) is 36.4 Å². The number of amides is 2. The molecule has 0 radical (unpaired) electrons. The van der Waals surface area contributed by atoms with Crippen molar-refractivity contribution in [3.8, 4) is 0 Å². The minimum absolute atomic E-state index is 0.130. The first-order valence-corrected chi connectivity index (χ1v) is 9.68. The second-order valence-corrected chi connectivity index (χ2v) is 7.68. The van der Waals surface area contributed by atoms with E-state index in [1.165, 1.54) is 12.1 Å². The highest BCUT2D eigenvalue weighted by molar-refractivity contribution is 6.30. The van der Waals surface area contributed by atoms with Gasteiger partial charge in [-0.3, -0.25) is 0 Å². The number of carbonyl (C=O) groups is 1. The van der Waals surface area contributed by atoms with Gasteiger partial charge in [0.1, 0.15) is 5.82 Å². The fourth-order valence-corrected chi connectivity index (χ4v) is 3.97. The normalized spacial score (nSPS) is 18.9. The summed E-state index contributed by atoms with van der Waals surface area (Å²) in [5, 5.41) is 0.460. The molecule has 0 aromatic heterocycles. The fourth-order valence-electron chi connectivity index (χ4n) is 3.80. The van der Waals surface area contributed by atoms with Gasteiger partial charge in [-0.2, -0.15) is 0 Å². The Morgan fingerprint density at radius 1 is 1.25 bits per heavy atom. The lowest BCUT2D eigenvalue weighted by Crippen LogP contribution is -2.49. The molecular formula is C22H25ClFN3O.